The molecule has 1 aliphatic heterocycles. The average Bonchev–Trinajstić information content (AvgIpc) is 3.06. The van der Waals surface area contributed by atoms with E-state index in [0.29, 0.717) is 19.7 Å². The molecule has 0 radical (unpaired) electrons. The molecule has 1 aromatic carbocycles. The minimum atomic E-state index is 0. The molecule has 8 heteroatoms. The van der Waals surface area contributed by atoms with E-state index in [2.05, 4.69) is 37.3 Å². The quantitative estimate of drug-likeness (QED) is 0.293. The van der Waals surface area contributed by atoms with Gasteiger partial charge in [-0.2, -0.15) is 0 Å². The van der Waals surface area contributed by atoms with Gasteiger partial charge >= 0.3 is 0 Å². The van der Waals surface area contributed by atoms with Crippen molar-refractivity contribution in [3.63, 3.8) is 0 Å². The van der Waals surface area contributed by atoms with Crippen molar-refractivity contribution in [1.82, 2.24) is 25.4 Å². The first-order valence-electron chi connectivity index (χ1n) is 8.81. The highest BCUT2D eigenvalue weighted by Crippen LogP contribution is 2.14. The summed E-state index contributed by atoms with van der Waals surface area (Å²) < 4.78 is 7.92. The molecule has 1 aromatic heterocycles. The molecule has 0 amide bonds. The molecule has 26 heavy (non-hydrogen) atoms. The second-order valence-corrected chi connectivity index (χ2v) is 6.16. The van der Waals surface area contributed by atoms with Crippen LogP contribution in [0, 0.1) is 6.92 Å². The van der Waals surface area contributed by atoms with Crippen LogP contribution in [-0.4, -0.2) is 40.9 Å². The van der Waals surface area contributed by atoms with Crippen LogP contribution >= 0.6 is 24.0 Å². The van der Waals surface area contributed by atoms with Gasteiger partial charge in [-0.1, -0.05) is 17.7 Å². The SMILES string of the molecule is CN=C(NCCOc1ccc(C)cc1)NCc1nnc2n1CCCC2.I. The van der Waals surface area contributed by atoms with Crippen molar-refractivity contribution < 1.29 is 4.74 Å². The lowest BCUT2D eigenvalue weighted by molar-refractivity contribution is 0.322. The number of nitrogens with zero attached hydrogens (tertiary/aromatic N) is 4. The standard InChI is InChI=1S/C18H26N6O.HI/c1-14-6-8-15(9-7-14)25-12-10-20-18(19-2)21-13-17-23-22-16-5-3-4-11-24(16)17;/h6-9H,3-5,10-13H2,1-2H3,(H2,19,20,21);1H. The van der Waals surface area contributed by atoms with Crippen molar-refractivity contribution >= 4 is 29.9 Å². The molecule has 2 aromatic rings. The van der Waals surface area contributed by atoms with Crippen LogP contribution in [-0.2, 0) is 19.5 Å². The molecule has 0 aliphatic carbocycles. The van der Waals surface area contributed by atoms with E-state index in [9.17, 15) is 0 Å². The van der Waals surface area contributed by atoms with Gasteiger partial charge in [-0.15, -0.1) is 34.2 Å². The minimum Gasteiger partial charge on any atom is -0.492 e. The van der Waals surface area contributed by atoms with Crippen molar-refractivity contribution in [2.24, 2.45) is 4.99 Å². The summed E-state index contributed by atoms with van der Waals surface area (Å²) in [4.78, 5) is 4.24. The van der Waals surface area contributed by atoms with E-state index in [1.807, 2.05) is 24.3 Å². The fourth-order valence-corrected chi connectivity index (χ4v) is 2.86. The first-order chi connectivity index (χ1) is 12.3. The van der Waals surface area contributed by atoms with E-state index in [-0.39, 0.29) is 24.0 Å². The van der Waals surface area contributed by atoms with Crippen LogP contribution in [0.5, 0.6) is 5.75 Å². The predicted octanol–water partition coefficient (Wildman–Crippen LogP) is 2.28. The molecule has 0 bridgehead atoms. The number of benzene rings is 1. The van der Waals surface area contributed by atoms with Gasteiger partial charge < -0.3 is 19.9 Å². The molecule has 0 unspecified atom stereocenters. The monoisotopic (exact) mass is 470 g/mol. The van der Waals surface area contributed by atoms with Crippen LogP contribution in [0.25, 0.3) is 0 Å². The lowest BCUT2D eigenvalue weighted by Crippen LogP contribution is -2.39. The van der Waals surface area contributed by atoms with Crippen molar-refractivity contribution in [2.45, 2.75) is 39.3 Å². The number of aromatic nitrogens is 3. The lowest BCUT2D eigenvalue weighted by atomic mass is 10.2. The molecule has 3 rings (SSSR count). The van der Waals surface area contributed by atoms with E-state index in [1.54, 1.807) is 7.05 Å². The number of rotatable bonds is 6. The zero-order valence-corrected chi connectivity index (χ0v) is 17.7. The number of nitrogens with one attached hydrogen (secondary N) is 2. The summed E-state index contributed by atoms with van der Waals surface area (Å²) in [6, 6.07) is 8.05. The maximum Gasteiger partial charge on any atom is 0.191 e. The molecule has 0 fully saturated rings. The molecule has 0 spiro atoms. The Morgan fingerprint density at radius 1 is 1.19 bits per heavy atom. The third-order valence-electron chi connectivity index (χ3n) is 4.26. The second kappa shape index (κ2) is 10.3. The summed E-state index contributed by atoms with van der Waals surface area (Å²) in [7, 11) is 1.76. The topological polar surface area (TPSA) is 76.4 Å². The summed E-state index contributed by atoms with van der Waals surface area (Å²) in [5, 5.41) is 15.1. The van der Waals surface area contributed by atoms with Crippen LogP contribution < -0.4 is 15.4 Å². The van der Waals surface area contributed by atoms with Gasteiger partial charge in [0.1, 0.15) is 18.2 Å². The van der Waals surface area contributed by atoms with Crippen LogP contribution in [0.4, 0.5) is 0 Å². The van der Waals surface area contributed by atoms with Gasteiger partial charge in [0.25, 0.3) is 0 Å². The Balaban J connectivity index is 0.00000243. The predicted molar refractivity (Wildman–Crippen MR) is 113 cm³/mol. The van der Waals surface area contributed by atoms with Gasteiger partial charge in [0, 0.05) is 20.0 Å². The summed E-state index contributed by atoms with van der Waals surface area (Å²) in [5.41, 5.74) is 1.23. The Bertz CT molecular complexity index is 713. The number of guanidine groups is 1. The fourth-order valence-electron chi connectivity index (χ4n) is 2.86. The fraction of sp³-hybridized carbons (Fsp3) is 0.500. The Labute approximate surface area is 171 Å². The summed E-state index contributed by atoms with van der Waals surface area (Å²) in [6.45, 7) is 4.93. The summed E-state index contributed by atoms with van der Waals surface area (Å²) in [6.07, 6.45) is 3.42. The lowest BCUT2D eigenvalue weighted by Gasteiger charge is -2.16. The third kappa shape index (κ3) is 5.58. The first kappa shape index (κ1) is 20.5. The normalized spacial score (nSPS) is 13.5. The number of hydrogen-bond acceptors (Lipinski definition) is 4. The Morgan fingerprint density at radius 2 is 2.00 bits per heavy atom. The van der Waals surface area contributed by atoms with E-state index in [4.69, 9.17) is 4.74 Å². The van der Waals surface area contributed by atoms with E-state index < -0.39 is 0 Å². The molecular formula is C18H27IN6O. The molecule has 2 heterocycles. The van der Waals surface area contributed by atoms with Gasteiger partial charge in [-0.05, 0) is 31.9 Å². The van der Waals surface area contributed by atoms with Crippen LogP contribution in [0.15, 0.2) is 29.3 Å². The van der Waals surface area contributed by atoms with Gasteiger partial charge in [0.05, 0.1) is 13.1 Å². The van der Waals surface area contributed by atoms with Gasteiger partial charge in [0.15, 0.2) is 11.8 Å². The molecule has 142 valence electrons. The van der Waals surface area contributed by atoms with Crippen molar-refractivity contribution in [3.8, 4) is 5.75 Å². The van der Waals surface area contributed by atoms with Crippen molar-refractivity contribution in [2.75, 3.05) is 20.2 Å². The first-order valence-corrected chi connectivity index (χ1v) is 8.81. The second-order valence-electron chi connectivity index (χ2n) is 6.16. The Hall–Kier alpha value is -1.84. The number of fused-ring (bicyclic) bond motifs is 1. The van der Waals surface area contributed by atoms with E-state index in [1.165, 1.54) is 18.4 Å². The smallest absolute Gasteiger partial charge is 0.191 e. The number of ether oxygens (including phenoxy) is 1. The largest absolute Gasteiger partial charge is 0.492 e. The highest BCUT2D eigenvalue weighted by molar-refractivity contribution is 14.0. The Morgan fingerprint density at radius 3 is 2.77 bits per heavy atom. The van der Waals surface area contributed by atoms with Crippen LogP contribution in [0.3, 0.4) is 0 Å². The van der Waals surface area contributed by atoms with Crippen molar-refractivity contribution in [3.05, 3.63) is 41.5 Å². The van der Waals surface area contributed by atoms with Crippen molar-refractivity contribution in [1.29, 1.82) is 0 Å². The number of aryl methyl sites for hydroxylation is 2. The molecule has 1 aliphatic rings. The maximum absolute atomic E-state index is 5.71. The zero-order chi connectivity index (χ0) is 17.5. The maximum atomic E-state index is 5.71. The highest BCUT2D eigenvalue weighted by Gasteiger charge is 2.15. The number of hydrogen-bond donors (Lipinski definition) is 2. The molecule has 0 saturated heterocycles. The third-order valence-corrected chi connectivity index (χ3v) is 4.26. The van der Waals surface area contributed by atoms with Crippen LogP contribution in [0.2, 0.25) is 0 Å². The molecular weight excluding hydrogens is 443 g/mol. The molecule has 0 saturated carbocycles. The number of halogens is 1. The van der Waals surface area contributed by atoms with Crippen LogP contribution in [0.1, 0.15) is 30.1 Å². The van der Waals surface area contributed by atoms with Gasteiger partial charge in [-0.25, -0.2) is 0 Å². The summed E-state index contributed by atoms with van der Waals surface area (Å²) >= 11 is 0. The molecule has 0 atom stereocenters. The minimum absolute atomic E-state index is 0. The van der Waals surface area contributed by atoms with E-state index in [0.717, 1.165) is 36.3 Å². The van der Waals surface area contributed by atoms with E-state index >= 15 is 0 Å². The Kier molecular flexibility index (Phi) is 8.14. The zero-order valence-electron chi connectivity index (χ0n) is 15.4. The molecule has 2 N–H and O–H groups in total. The number of aliphatic imine (C=N–C) groups is 1. The summed E-state index contributed by atoms with van der Waals surface area (Å²) in [5.74, 6) is 3.68. The van der Waals surface area contributed by atoms with Gasteiger partial charge in [0.2, 0.25) is 0 Å². The van der Waals surface area contributed by atoms with Gasteiger partial charge in [-0.3, -0.25) is 4.99 Å². The average molecular weight is 470 g/mol. The molecule has 7 nitrogen and oxygen atoms in total. The highest BCUT2D eigenvalue weighted by atomic mass is 127.